The first-order valence-corrected chi connectivity index (χ1v) is 12.3. The van der Waals surface area contributed by atoms with Gasteiger partial charge in [0, 0.05) is 12.8 Å². The van der Waals surface area contributed by atoms with Crippen LogP contribution in [-0.4, -0.2) is 11.6 Å². The molecule has 0 spiro atoms. The number of benzene rings is 4. The van der Waals surface area contributed by atoms with Gasteiger partial charge in [-0.2, -0.15) is 0 Å². The van der Waals surface area contributed by atoms with Crippen molar-refractivity contribution in [3.05, 3.63) is 156 Å². The number of ketones is 2. The minimum atomic E-state index is -0.129. The van der Waals surface area contributed by atoms with E-state index in [-0.39, 0.29) is 23.4 Å². The number of rotatable bonds is 11. The monoisotopic (exact) mass is 470 g/mol. The summed E-state index contributed by atoms with van der Waals surface area (Å²) >= 11 is 0. The quantitative estimate of drug-likeness (QED) is 0.209. The van der Waals surface area contributed by atoms with Crippen LogP contribution >= 0.6 is 0 Å². The highest BCUT2D eigenvalue weighted by Gasteiger charge is 2.28. The van der Waals surface area contributed by atoms with Gasteiger partial charge in [0.15, 0.2) is 11.6 Å². The molecular weight excluding hydrogens is 440 g/mol. The molecule has 0 heterocycles. The number of carbonyl (C=O) groups is 2. The lowest BCUT2D eigenvalue weighted by Crippen LogP contribution is -2.18. The van der Waals surface area contributed by atoms with Crippen LogP contribution in [0.15, 0.2) is 133 Å². The molecule has 0 fully saturated rings. The Hall–Kier alpha value is -4.30. The molecular formula is C34H30O2. The third-order valence-electron chi connectivity index (χ3n) is 6.31. The Labute approximate surface area is 213 Å². The highest BCUT2D eigenvalue weighted by molar-refractivity contribution is 5.95. The largest absolute Gasteiger partial charge is 0.295 e. The second-order valence-electron chi connectivity index (χ2n) is 8.86. The molecule has 0 aliphatic carbocycles. The summed E-state index contributed by atoms with van der Waals surface area (Å²) in [6, 6.07) is 39.8. The summed E-state index contributed by atoms with van der Waals surface area (Å²) in [6.45, 7) is 0. The van der Waals surface area contributed by atoms with E-state index in [0.717, 1.165) is 22.3 Å². The molecule has 0 radical (unpaired) electrons. The van der Waals surface area contributed by atoms with Gasteiger partial charge in [0.25, 0.3) is 0 Å². The lowest BCUT2D eigenvalue weighted by Gasteiger charge is -2.27. The molecule has 4 aromatic rings. The third kappa shape index (κ3) is 7.35. The maximum atomic E-state index is 13.1. The van der Waals surface area contributed by atoms with Crippen LogP contribution < -0.4 is 0 Å². The van der Waals surface area contributed by atoms with Gasteiger partial charge in [-0.05, 0) is 46.2 Å². The molecule has 178 valence electrons. The first kappa shape index (κ1) is 24.8. The summed E-state index contributed by atoms with van der Waals surface area (Å²) in [6.07, 6.45) is 7.67. The fraction of sp³-hybridized carbons (Fsp3) is 0.118. The third-order valence-corrected chi connectivity index (χ3v) is 6.31. The Bertz CT molecular complexity index is 1190. The number of hydrogen-bond donors (Lipinski definition) is 0. The van der Waals surface area contributed by atoms with E-state index in [1.807, 2.05) is 109 Å². The fourth-order valence-electron chi connectivity index (χ4n) is 4.46. The maximum Gasteiger partial charge on any atom is 0.156 e. The zero-order valence-electron chi connectivity index (χ0n) is 20.2. The van der Waals surface area contributed by atoms with Crippen molar-refractivity contribution in [3.8, 4) is 0 Å². The predicted molar refractivity (Wildman–Crippen MR) is 149 cm³/mol. The highest BCUT2D eigenvalue weighted by Crippen LogP contribution is 2.39. The topological polar surface area (TPSA) is 34.1 Å². The first-order chi connectivity index (χ1) is 17.7. The number of carbonyl (C=O) groups excluding carboxylic acids is 2. The van der Waals surface area contributed by atoms with E-state index in [4.69, 9.17) is 0 Å². The zero-order chi connectivity index (χ0) is 25.0. The van der Waals surface area contributed by atoms with Gasteiger partial charge in [0.2, 0.25) is 0 Å². The molecule has 0 saturated carbocycles. The van der Waals surface area contributed by atoms with Crippen molar-refractivity contribution in [3.63, 3.8) is 0 Å². The molecule has 4 rings (SSSR count). The Kier molecular flexibility index (Phi) is 8.94. The van der Waals surface area contributed by atoms with Gasteiger partial charge in [-0.15, -0.1) is 0 Å². The molecule has 0 aliphatic rings. The van der Waals surface area contributed by atoms with Crippen molar-refractivity contribution in [1.82, 2.24) is 0 Å². The van der Waals surface area contributed by atoms with Crippen molar-refractivity contribution in [1.29, 1.82) is 0 Å². The summed E-state index contributed by atoms with van der Waals surface area (Å²) in [5, 5.41) is 0. The molecule has 4 aromatic carbocycles. The minimum absolute atomic E-state index is 0.0425. The average molecular weight is 471 g/mol. The summed E-state index contributed by atoms with van der Waals surface area (Å²) in [5.41, 5.74) is 4.10. The maximum absolute atomic E-state index is 13.1. The van der Waals surface area contributed by atoms with Gasteiger partial charge < -0.3 is 0 Å². The van der Waals surface area contributed by atoms with Crippen molar-refractivity contribution in [2.45, 2.75) is 24.7 Å². The normalized spacial score (nSPS) is 13.0. The predicted octanol–water partition coefficient (Wildman–Crippen LogP) is 7.90. The van der Waals surface area contributed by atoms with Crippen LogP contribution in [0.1, 0.15) is 46.9 Å². The van der Waals surface area contributed by atoms with Crippen LogP contribution in [0.4, 0.5) is 0 Å². The van der Waals surface area contributed by atoms with Crippen molar-refractivity contribution in [2.75, 3.05) is 0 Å². The molecule has 0 aliphatic heterocycles. The molecule has 0 aromatic heterocycles. The second-order valence-corrected chi connectivity index (χ2v) is 8.86. The van der Waals surface area contributed by atoms with Crippen LogP contribution in [0.2, 0.25) is 0 Å². The Morgan fingerprint density at radius 1 is 0.472 bits per heavy atom. The van der Waals surface area contributed by atoms with Crippen molar-refractivity contribution >= 4 is 23.7 Å². The van der Waals surface area contributed by atoms with E-state index in [9.17, 15) is 9.59 Å². The number of hydrogen-bond acceptors (Lipinski definition) is 2. The molecule has 2 nitrogen and oxygen atoms in total. The second kappa shape index (κ2) is 13.0. The Morgan fingerprint density at radius 2 is 0.778 bits per heavy atom. The van der Waals surface area contributed by atoms with Crippen LogP contribution in [-0.2, 0) is 9.59 Å². The van der Waals surface area contributed by atoms with Crippen LogP contribution in [0.5, 0.6) is 0 Å². The SMILES string of the molecule is O=C(/C=C/c1ccccc1)CC(c1ccccc1)C(CC(=O)/C=C/c1ccccc1)c1ccccc1. The molecule has 36 heavy (non-hydrogen) atoms. The van der Waals surface area contributed by atoms with Gasteiger partial charge >= 0.3 is 0 Å². The van der Waals surface area contributed by atoms with Gasteiger partial charge in [0.05, 0.1) is 0 Å². The standard InChI is InChI=1S/C34H30O2/c35-31(23-21-27-13-5-1-6-14-27)25-33(29-17-9-3-10-18-29)34(30-19-11-4-12-20-30)26-32(36)24-22-28-15-7-2-8-16-28/h1-24,33-34H,25-26H2/b23-21+,24-22+. The van der Waals surface area contributed by atoms with Gasteiger partial charge in [-0.1, -0.05) is 133 Å². The van der Waals surface area contributed by atoms with E-state index >= 15 is 0 Å². The van der Waals surface area contributed by atoms with Gasteiger partial charge in [-0.25, -0.2) is 0 Å². The average Bonchev–Trinajstić information content (AvgIpc) is 2.95. The lowest BCUT2D eigenvalue weighted by molar-refractivity contribution is -0.117. The number of allylic oxidation sites excluding steroid dienone is 2. The van der Waals surface area contributed by atoms with Crippen LogP contribution in [0.25, 0.3) is 12.2 Å². The molecule has 0 amide bonds. The molecule has 0 saturated heterocycles. The van der Waals surface area contributed by atoms with Crippen LogP contribution in [0, 0.1) is 0 Å². The zero-order valence-corrected chi connectivity index (χ0v) is 20.2. The van der Waals surface area contributed by atoms with E-state index in [1.165, 1.54) is 0 Å². The lowest BCUT2D eigenvalue weighted by atomic mass is 9.76. The fourth-order valence-corrected chi connectivity index (χ4v) is 4.46. The van der Waals surface area contributed by atoms with Gasteiger partial charge in [-0.3, -0.25) is 9.59 Å². The summed E-state index contributed by atoms with van der Waals surface area (Å²) < 4.78 is 0. The molecule has 2 atom stereocenters. The molecule has 2 heteroatoms. The van der Waals surface area contributed by atoms with E-state index < -0.39 is 0 Å². The van der Waals surface area contributed by atoms with Crippen molar-refractivity contribution in [2.24, 2.45) is 0 Å². The van der Waals surface area contributed by atoms with Gasteiger partial charge in [0.1, 0.15) is 0 Å². The van der Waals surface area contributed by atoms with E-state index in [2.05, 4.69) is 24.3 Å². The van der Waals surface area contributed by atoms with E-state index in [0.29, 0.717) is 12.8 Å². The molecule has 2 unspecified atom stereocenters. The van der Waals surface area contributed by atoms with Crippen LogP contribution in [0.3, 0.4) is 0 Å². The summed E-state index contributed by atoms with van der Waals surface area (Å²) in [4.78, 5) is 26.3. The summed E-state index contributed by atoms with van der Waals surface area (Å²) in [5.74, 6) is -0.173. The molecule has 0 N–H and O–H groups in total. The summed E-state index contributed by atoms with van der Waals surface area (Å²) in [7, 11) is 0. The minimum Gasteiger partial charge on any atom is -0.295 e. The molecule has 0 bridgehead atoms. The van der Waals surface area contributed by atoms with E-state index in [1.54, 1.807) is 12.2 Å². The first-order valence-electron chi connectivity index (χ1n) is 12.3. The smallest absolute Gasteiger partial charge is 0.156 e. The Morgan fingerprint density at radius 3 is 1.11 bits per heavy atom. The van der Waals surface area contributed by atoms with Crippen molar-refractivity contribution < 1.29 is 9.59 Å². The Balaban J connectivity index is 1.61. The highest BCUT2D eigenvalue weighted by atomic mass is 16.1.